The number of benzene rings is 1. The molecule has 0 aliphatic heterocycles. The summed E-state index contributed by atoms with van der Waals surface area (Å²) in [6.07, 6.45) is 12.1. The van der Waals surface area contributed by atoms with Gasteiger partial charge in [-0.3, -0.25) is 0 Å². The van der Waals surface area contributed by atoms with E-state index >= 15 is 0 Å². The quantitative estimate of drug-likeness (QED) is 0.0963. The van der Waals surface area contributed by atoms with Crippen LogP contribution in [-0.2, 0) is 109 Å². The number of aromatic nitrogens is 5. The largest absolute Gasteiger partial charge is 0.378 e. The third kappa shape index (κ3) is 14.6. The third-order valence-corrected chi connectivity index (χ3v) is 12.7. The van der Waals surface area contributed by atoms with E-state index in [2.05, 4.69) is 24.9 Å². The number of carbonyl (C=O) groups excluding carboxylic acids is 2. The standard InChI is InChI=1S/C14H6F4NO.C11H4F8N.C11H8F2NO.C10H4F6N.C10H6F4N.3Ir.2Rh/c15-13(16)10(7-11(20)14(13,17)18)12-9-4-2-1-3-8(9)5-6-19-12;12-8(13)5-6(7-3-1-2-4-20-7)9(14,15)11(18,19)10(8,16)17;1-6-3-9(14-5-7(6)2)8-4-11(12,13)10(8)15;11-8(12)5-6(7-3-1-2-4-17-7)9(13,14)10(8,15)16;1-6-2-3-15-8(4-6)7-5-9(11,12)10(7,13)14;;;;;/h1-6H;1-4H;3,5H,1-2H3;1-4H;2-4H,1H3;;;;;/q5*-1;;;;;. The van der Waals surface area contributed by atoms with Crippen molar-refractivity contribution in [3.63, 3.8) is 0 Å². The molecule has 0 unspecified atom stereocenters. The van der Waals surface area contributed by atoms with Gasteiger partial charge >= 0.3 is 41.5 Å². The fourth-order valence-corrected chi connectivity index (χ4v) is 7.71. The number of allylic oxidation sites excluding steroid dienone is 10. The number of aryl methyl sites for hydroxylation is 3. The van der Waals surface area contributed by atoms with Gasteiger partial charge in [-0.15, -0.1) is 52.1 Å². The predicted molar refractivity (Wildman–Crippen MR) is 256 cm³/mol. The molecular weight excluding hydrogens is 2010 g/mol. The summed E-state index contributed by atoms with van der Waals surface area (Å²) in [7, 11) is 0. The van der Waals surface area contributed by atoms with Gasteiger partial charge in [-0.25, -0.2) is 35.1 Å². The second-order valence-electron chi connectivity index (χ2n) is 18.7. The van der Waals surface area contributed by atoms with Crippen LogP contribution in [0.15, 0.2) is 116 Å². The molecule has 0 saturated heterocycles. The molecule has 507 valence electrons. The predicted octanol–water partition coefficient (Wildman–Crippen LogP) is 15.2. The van der Waals surface area contributed by atoms with Crippen LogP contribution < -0.4 is 0 Å². The zero-order chi connectivity index (χ0) is 65.3. The minimum atomic E-state index is -6.28. The van der Waals surface area contributed by atoms with E-state index in [-0.39, 0.29) is 127 Å². The van der Waals surface area contributed by atoms with Crippen LogP contribution in [-0.4, -0.2) is 108 Å². The topological polar surface area (TPSA) is 98.6 Å². The van der Waals surface area contributed by atoms with Crippen molar-refractivity contribution in [3.05, 3.63) is 191 Å². The molecule has 7 nitrogen and oxygen atoms in total. The van der Waals surface area contributed by atoms with Crippen molar-refractivity contribution in [1.82, 2.24) is 24.9 Å². The summed E-state index contributed by atoms with van der Waals surface area (Å²) in [5.41, 5.74) is -5.02. The molecule has 0 bridgehead atoms. The van der Waals surface area contributed by atoms with E-state index in [1.807, 2.05) is 13.8 Å². The maximum Gasteiger partial charge on any atom is 0.378 e. The maximum absolute atomic E-state index is 13.7. The molecule has 92 heavy (non-hydrogen) atoms. The van der Waals surface area contributed by atoms with Crippen molar-refractivity contribution in [2.24, 2.45) is 0 Å². The van der Waals surface area contributed by atoms with E-state index in [0.29, 0.717) is 23.1 Å². The first kappa shape index (κ1) is 82.9. The van der Waals surface area contributed by atoms with Crippen LogP contribution >= 0.6 is 0 Å². The summed E-state index contributed by atoms with van der Waals surface area (Å²) >= 11 is 0. The molecule has 0 amide bonds. The van der Waals surface area contributed by atoms with Crippen LogP contribution in [0.4, 0.5) is 105 Å². The van der Waals surface area contributed by atoms with E-state index < -0.39 is 116 Å². The Hall–Kier alpha value is -5.22. The number of fused-ring (bicyclic) bond motifs is 1. The monoisotopic (exact) mass is 2040 g/mol. The molecule has 0 N–H and O–H groups in total. The summed E-state index contributed by atoms with van der Waals surface area (Å²) in [6, 6.07) is 18.9. The fourth-order valence-electron chi connectivity index (χ4n) is 7.71. The van der Waals surface area contributed by atoms with Gasteiger partial charge in [-0.2, -0.15) is 94.6 Å². The Morgan fingerprint density at radius 1 is 0.380 bits per heavy atom. The second-order valence-corrected chi connectivity index (χ2v) is 18.7. The van der Waals surface area contributed by atoms with Gasteiger partial charge in [-0.05, 0) is 61.7 Å². The van der Waals surface area contributed by atoms with Crippen molar-refractivity contribution in [2.45, 2.75) is 91.8 Å². The molecule has 6 aromatic rings. The Morgan fingerprint density at radius 2 is 0.837 bits per heavy atom. The number of ketones is 2. The smallest absolute Gasteiger partial charge is 0.365 e. The van der Waals surface area contributed by atoms with Gasteiger partial charge in [0.05, 0.1) is 0 Å². The normalized spacial score (nSPS) is 21.1. The minimum absolute atomic E-state index is 0. The second kappa shape index (κ2) is 28.6. The Bertz CT molecular complexity index is 3850. The third-order valence-electron chi connectivity index (χ3n) is 12.7. The van der Waals surface area contributed by atoms with Gasteiger partial charge in [-0.1, -0.05) is 81.8 Å². The molecule has 0 spiro atoms. The van der Waals surface area contributed by atoms with Crippen molar-refractivity contribution in [1.29, 1.82) is 0 Å². The Morgan fingerprint density at radius 3 is 1.25 bits per heavy atom. The first-order valence-corrected chi connectivity index (χ1v) is 23.7. The van der Waals surface area contributed by atoms with E-state index in [0.717, 1.165) is 41.7 Å². The number of rotatable bonds is 5. The molecule has 0 saturated carbocycles. The zero-order valence-electron chi connectivity index (χ0n) is 44.8. The van der Waals surface area contributed by atoms with Gasteiger partial charge in [0.15, 0.2) is 0 Å². The van der Waals surface area contributed by atoms with Crippen molar-refractivity contribution in [2.75, 3.05) is 0 Å². The number of hydrogen-bond acceptors (Lipinski definition) is 7. The van der Waals surface area contributed by atoms with Crippen molar-refractivity contribution in [3.8, 4) is 0 Å². The van der Waals surface area contributed by atoms with Crippen LogP contribution in [0.1, 0.15) is 45.2 Å². The average molecular weight is 2040 g/mol. The Kier molecular flexibility index (Phi) is 25.8. The van der Waals surface area contributed by atoms with Crippen LogP contribution in [0, 0.1) is 51.2 Å². The van der Waals surface area contributed by atoms with E-state index in [4.69, 9.17) is 0 Å². The summed E-state index contributed by atoms with van der Waals surface area (Å²) in [4.78, 5) is 39.8. The molecule has 5 radical (unpaired) electrons. The summed E-state index contributed by atoms with van der Waals surface area (Å²) in [6.45, 7) is 5.37. The molecule has 0 fully saturated rings. The first-order chi connectivity index (χ1) is 39.8. The van der Waals surface area contributed by atoms with Crippen LogP contribution in [0.2, 0.25) is 0 Å². The fraction of sp³-hybridized carbons (Fsp3) is 0.268. The van der Waals surface area contributed by atoms with Gasteiger partial charge in [0.25, 0.3) is 23.7 Å². The van der Waals surface area contributed by atoms with Crippen LogP contribution in [0.5, 0.6) is 0 Å². The maximum atomic E-state index is 13.7. The first-order valence-electron chi connectivity index (χ1n) is 23.7. The summed E-state index contributed by atoms with van der Waals surface area (Å²) in [5.74, 6) is -63.5. The molecule has 5 aromatic heterocycles. The van der Waals surface area contributed by atoms with E-state index in [9.17, 15) is 115 Å². The van der Waals surface area contributed by atoms with E-state index in [1.165, 1.54) is 48.8 Å². The number of hydrogen-bond donors (Lipinski definition) is 0. The number of pyridine rings is 5. The zero-order valence-corrected chi connectivity index (χ0v) is 55.2. The molecule has 5 heterocycles. The summed E-state index contributed by atoms with van der Waals surface area (Å²) in [5, 5.41) is 0.827. The number of carbonyl (C=O) groups is 2. The summed E-state index contributed by atoms with van der Waals surface area (Å²) < 4.78 is 312. The van der Waals surface area contributed by atoms with Gasteiger partial charge in [0.2, 0.25) is 5.92 Å². The SMILES string of the molecule is Cc1ccnc(C2=[C-]C(F)(F)C2(F)F)c1.Cc1cnc(C2=[C-]C(F)(F)C2=O)cc1C.FC1(F)[C-]=C(c2ccccn2)C(F)(F)C(F)(F)C1(F)F.FC1(F)[C-]=C(c2ccccn2)C(F)(F)C1(F)F.O=C1[C-]=C(c2nccc3ccccc23)C(F)(F)C1(F)F.[Ir].[Ir].[Ir].[Rh].[Rh]. The van der Waals surface area contributed by atoms with E-state index in [1.54, 1.807) is 61.7 Å². The molecular formula is C56H28F24Ir3N5O2Rh2-5. The number of halogens is 24. The van der Waals surface area contributed by atoms with Crippen molar-refractivity contribution >= 4 is 50.2 Å². The molecule has 36 heteroatoms. The molecule has 1 aromatic carbocycles. The Labute approximate surface area is 568 Å². The van der Waals surface area contributed by atoms with Gasteiger partial charge in [0, 0.05) is 130 Å². The molecule has 0 atom stereocenters. The number of alkyl halides is 24. The molecule has 5 aliphatic carbocycles. The van der Waals surface area contributed by atoms with Gasteiger partial charge in [0.1, 0.15) is 11.6 Å². The van der Waals surface area contributed by atoms with Gasteiger partial charge < -0.3 is 34.5 Å². The number of Topliss-reactive ketones (excluding diaryl/α,β-unsaturated/α-hetero) is 2. The average Bonchev–Trinajstić information content (AvgIpc) is 0.962. The van der Waals surface area contributed by atoms with Crippen LogP contribution in [0.3, 0.4) is 0 Å². The molecule has 11 rings (SSSR count). The molecule has 5 aliphatic rings. The van der Waals surface area contributed by atoms with Crippen molar-refractivity contribution < 1.29 is 214 Å². The van der Waals surface area contributed by atoms with Crippen LogP contribution in [0.25, 0.3) is 38.6 Å². The number of nitrogens with zero attached hydrogens (tertiary/aromatic N) is 5. The Balaban J connectivity index is 0.000000388. The minimum Gasteiger partial charge on any atom is -0.365 e.